The Labute approximate surface area is 113 Å². The van der Waals surface area contributed by atoms with Crippen LogP contribution in [-0.2, 0) is 19.4 Å². The number of para-hydroxylation sites is 1. The van der Waals surface area contributed by atoms with E-state index in [-0.39, 0.29) is 0 Å². The maximum atomic E-state index is 6.24. The Morgan fingerprint density at radius 2 is 1.94 bits per heavy atom. The van der Waals surface area contributed by atoms with Crippen molar-refractivity contribution in [3.63, 3.8) is 0 Å². The first-order valence-electron chi connectivity index (χ1n) is 6.27. The molecule has 0 bridgehead atoms. The van der Waals surface area contributed by atoms with Crippen molar-refractivity contribution in [3.05, 3.63) is 46.2 Å². The third-order valence-corrected chi connectivity index (χ3v) is 3.45. The Kier molecular flexibility index (Phi) is 4.04. The molecule has 0 radical (unpaired) electrons. The monoisotopic (exact) mass is 263 g/mol. The lowest BCUT2D eigenvalue weighted by molar-refractivity contribution is 0.793. The van der Waals surface area contributed by atoms with Crippen molar-refractivity contribution < 1.29 is 0 Å². The molecule has 0 aliphatic rings. The summed E-state index contributed by atoms with van der Waals surface area (Å²) in [7, 11) is 0. The van der Waals surface area contributed by atoms with Gasteiger partial charge in [0.2, 0.25) is 0 Å². The van der Waals surface area contributed by atoms with Gasteiger partial charge in [0, 0.05) is 17.8 Å². The molecule has 0 aliphatic carbocycles. The second-order valence-electron chi connectivity index (χ2n) is 4.15. The van der Waals surface area contributed by atoms with Gasteiger partial charge in [-0.1, -0.05) is 37.6 Å². The second-order valence-corrected chi connectivity index (χ2v) is 4.55. The zero-order valence-electron chi connectivity index (χ0n) is 10.8. The van der Waals surface area contributed by atoms with E-state index in [0.29, 0.717) is 11.6 Å². The molecule has 0 spiro atoms. The summed E-state index contributed by atoms with van der Waals surface area (Å²) in [6, 6.07) is 7.75. The molecule has 2 N–H and O–H groups in total. The van der Waals surface area contributed by atoms with Gasteiger partial charge in [0.1, 0.15) is 0 Å². The number of halogens is 1. The highest BCUT2D eigenvalue weighted by Crippen LogP contribution is 2.24. The lowest BCUT2D eigenvalue weighted by Crippen LogP contribution is -2.05. The van der Waals surface area contributed by atoms with E-state index >= 15 is 0 Å². The molecule has 0 saturated carbocycles. The quantitative estimate of drug-likeness (QED) is 0.921. The molecule has 0 aliphatic heterocycles. The minimum Gasteiger partial charge on any atom is -0.326 e. The summed E-state index contributed by atoms with van der Waals surface area (Å²) in [4.78, 5) is 0. The highest BCUT2D eigenvalue weighted by molar-refractivity contribution is 6.32. The summed E-state index contributed by atoms with van der Waals surface area (Å²) in [6.07, 6.45) is 1.78. The first kappa shape index (κ1) is 13.1. The van der Waals surface area contributed by atoms with Crippen LogP contribution in [0.25, 0.3) is 5.69 Å². The molecule has 2 rings (SSSR count). The Morgan fingerprint density at radius 3 is 2.50 bits per heavy atom. The number of rotatable bonds is 4. The molecule has 1 aromatic carbocycles. The van der Waals surface area contributed by atoms with Crippen LogP contribution in [0, 0.1) is 0 Å². The summed E-state index contributed by atoms with van der Waals surface area (Å²) < 4.78 is 1.93. The normalized spacial score (nSPS) is 10.9. The molecule has 0 saturated heterocycles. The van der Waals surface area contributed by atoms with Gasteiger partial charge in [0.15, 0.2) is 0 Å². The number of benzene rings is 1. The Bertz CT molecular complexity index is 546. The Balaban J connectivity index is 2.64. The molecule has 1 aromatic heterocycles. The van der Waals surface area contributed by atoms with Gasteiger partial charge in [0.25, 0.3) is 0 Å². The van der Waals surface area contributed by atoms with Crippen LogP contribution in [0.4, 0.5) is 0 Å². The topological polar surface area (TPSA) is 43.8 Å². The van der Waals surface area contributed by atoms with E-state index in [1.807, 2.05) is 28.9 Å². The van der Waals surface area contributed by atoms with Crippen LogP contribution in [0.2, 0.25) is 5.02 Å². The molecule has 0 amide bonds. The first-order chi connectivity index (χ1) is 8.72. The predicted molar refractivity (Wildman–Crippen MR) is 75.2 cm³/mol. The highest BCUT2D eigenvalue weighted by Gasteiger charge is 2.16. The smallest absolute Gasteiger partial charge is 0.0835 e. The lowest BCUT2D eigenvalue weighted by atomic mass is 10.1. The lowest BCUT2D eigenvalue weighted by Gasteiger charge is -2.08. The van der Waals surface area contributed by atoms with Gasteiger partial charge in [0.05, 0.1) is 16.4 Å². The zero-order chi connectivity index (χ0) is 13.1. The van der Waals surface area contributed by atoms with Gasteiger partial charge in [-0.2, -0.15) is 5.10 Å². The van der Waals surface area contributed by atoms with Crippen LogP contribution in [0.5, 0.6) is 0 Å². The molecule has 96 valence electrons. The van der Waals surface area contributed by atoms with Gasteiger partial charge in [-0.3, -0.25) is 0 Å². The number of nitrogens with two attached hydrogens (primary N) is 1. The minimum atomic E-state index is 0.525. The molecule has 3 nitrogen and oxygen atoms in total. The number of nitrogens with zero attached hydrogens (tertiary/aromatic N) is 2. The van der Waals surface area contributed by atoms with Gasteiger partial charge < -0.3 is 5.73 Å². The molecular formula is C14H18ClN3. The fourth-order valence-electron chi connectivity index (χ4n) is 2.24. The first-order valence-corrected chi connectivity index (χ1v) is 6.65. The van der Waals surface area contributed by atoms with Crippen LogP contribution in [0.3, 0.4) is 0 Å². The van der Waals surface area contributed by atoms with E-state index in [0.717, 1.165) is 35.5 Å². The van der Waals surface area contributed by atoms with Crippen LogP contribution in [0.15, 0.2) is 24.3 Å². The largest absolute Gasteiger partial charge is 0.326 e. The zero-order valence-corrected chi connectivity index (χ0v) is 11.5. The van der Waals surface area contributed by atoms with Crippen molar-refractivity contribution in [1.29, 1.82) is 0 Å². The van der Waals surface area contributed by atoms with E-state index in [2.05, 4.69) is 18.9 Å². The molecule has 4 heteroatoms. The van der Waals surface area contributed by atoms with Gasteiger partial charge in [-0.05, 0) is 25.0 Å². The van der Waals surface area contributed by atoms with E-state index < -0.39 is 0 Å². The third-order valence-electron chi connectivity index (χ3n) is 3.13. The van der Waals surface area contributed by atoms with Crippen molar-refractivity contribution in [1.82, 2.24) is 9.78 Å². The molecule has 1 heterocycles. The van der Waals surface area contributed by atoms with E-state index in [1.54, 1.807) is 0 Å². The average Bonchev–Trinajstić information content (AvgIpc) is 2.76. The second kappa shape index (κ2) is 5.55. The summed E-state index contributed by atoms with van der Waals surface area (Å²) in [5.41, 5.74) is 10.1. The Hall–Kier alpha value is -1.32. The predicted octanol–water partition coefficient (Wildman–Crippen LogP) is 3.11. The number of aryl methyl sites for hydroxylation is 1. The number of hydrogen-bond acceptors (Lipinski definition) is 2. The van der Waals surface area contributed by atoms with Crippen LogP contribution < -0.4 is 5.73 Å². The van der Waals surface area contributed by atoms with E-state index in [1.165, 1.54) is 0 Å². The van der Waals surface area contributed by atoms with E-state index in [4.69, 9.17) is 17.3 Å². The SMILES string of the molecule is CCc1nn(-c2ccccc2Cl)c(CC)c1CN. The molecule has 0 atom stereocenters. The standard InChI is InChI=1S/C14H18ClN3/c1-3-12-10(9-16)13(4-2)18(17-12)14-8-6-5-7-11(14)15/h5-8H,3-4,9,16H2,1-2H3. The van der Waals surface area contributed by atoms with E-state index in [9.17, 15) is 0 Å². The maximum Gasteiger partial charge on any atom is 0.0835 e. The summed E-state index contributed by atoms with van der Waals surface area (Å²) >= 11 is 6.24. The molecule has 18 heavy (non-hydrogen) atoms. The molecule has 2 aromatic rings. The number of hydrogen-bond donors (Lipinski definition) is 1. The Morgan fingerprint density at radius 1 is 1.22 bits per heavy atom. The van der Waals surface area contributed by atoms with Crippen LogP contribution in [0.1, 0.15) is 30.8 Å². The fraction of sp³-hybridized carbons (Fsp3) is 0.357. The molecule has 0 unspecified atom stereocenters. The average molecular weight is 264 g/mol. The minimum absolute atomic E-state index is 0.525. The molecular weight excluding hydrogens is 246 g/mol. The third kappa shape index (κ3) is 2.16. The van der Waals surface area contributed by atoms with Crippen molar-refractivity contribution in [3.8, 4) is 5.69 Å². The maximum absolute atomic E-state index is 6.24. The summed E-state index contributed by atoms with van der Waals surface area (Å²) in [5.74, 6) is 0. The fourth-order valence-corrected chi connectivity index (χ4v) is 2.46. The highest BCUT2D eigenvalue weighted by atomic mass is 35.5. The van der Waals surface area contributed by atoms with Gasteiger partial charge >= 0.3 is 0 Å². The van der Waals surface area contributed by atoms with Crippen molar-refractivity contribution >= 4 is 11.6 Å². The van der Waals surface area contributed by atoms with Gasteiger partial charge in [-0.25, -0.2) is 4.68 Å². The van der Waals surface area contributed by atoms with Crippen molar-refractivity contribution in [2.24, 2.45) is 5.73 Å². The molecule has 0 fully saturated rings. The number of aromatic nitrogens is 2. The summed E-state index contributed by atoms with van der Waals surface area (Å²) in [5, 5.41) is 5.36. The van der Waals surface area contributed by atoms with Crippen LogP contribution in [-0.4, -0.2) is 9.78 Å². The van der Waals surface area contributed by atoms with Crippen LogP contribution >= 0.6 is 11.6 Å². The summed E-state index contributed by atoms with van der Waals surface area (Å²) in [6.45, 7) is 4.73. The van der Waals surface area contributed by atoms with Crippen molar-refractivity contribution in [2.45, 2.75) is 33.2 Å². The van der Waals surface area contributed by atoms with Crippen molar-refractivity contribution in [2.75, 3.05) is 0 Å². The van der Waals surface area contributed by atoms with Gasteiger partial charge in [-0.15, -0.1) is 0 Å².